The van der Waals surface area contributed by atoms with Crippen molar-refractivity contribution in [3.05, 3.63) is 0 Å². The Morgan fingerprint density at radius 1 is 1.50 bits per heavy atom. The summed E-state index contributed by atoms with van der Waals surface area (Å²) in [4.78, 5) is 14.0. The Bertz CT molecular complexity index is 299. The topological polar surface area (TPSA) is 53.3 Å². The van der Waals surface area contributed by atoms with Crippen LogP contribution in [0.4, 0.5) is 0 Å². The normalized spacial score (nSPS) is 21.4. The minimum atomic E-state index is -0.472. The van der Waals surface area contributed by atoms with Crippen LogP contribution in [0.2, 0.25) is 0 Å². The second-order valence-electron chi connectivity index (χ2n) is 4.89. The molecule has 4 nitrogen and oxygen atoms in total. The third-order valence-corrected chi connectivity index (χ3v) is 3.28. The van der Waals surface area contributed by atoms with Crippen LogP contribution in [-0.2, 0) is 9.53 Å². The highest BCUT2D eigenvalue weighted by Gasteiger charge is 2.28. The highest BCUT2D eigenvalue weighted by molar-refractivity contribution is 5.81. The third-order valence-electron chi connectivity index (χ3n) is 3.28. The summed E-state index contributed by atoms with van der Waals surface area (Å²) in [5.41, 5.74) is 0. The standard InChI is InChI=1S/C14H24N2O2/c1-3-6-12(10-15)14(17)16-8-5-7-13(11-16)18-9-4-2/h12-13H,3-9,11H2,1-2H3. The molecule has 1 heterocycles. The monoisotopic (exact) mass is 252 g/mol. The zero-order chi connectivity index (χ0) is 13.4. The molecule has 0 aromatic heterocycles. The number of amides is 1. The van der Waals surface area contributed by atoms with Crippen molar-refractivity contribution < 1.29 is 9.53 Å². The highest BCUT2D eigenvalue weighted by Crippen LogP contribution is 2.17. The number of hydrogen-bond donors (Lipinski definition) is 0. The van der Waals surface area contributed by atoms with Crippen molar-refractivity contribution in [1.29, 1.82) is 5.26 Å². The van der Waals surface area contributed by atoms with Gasteiger partial charge in [-0.15, -0.1) is 0 Å². The van der Waals surface area contributed by atoms with E-state index in [2.05, 4.69) is 13.0 Å². The summed E-state index contributed by atoms with van der Waals surface area (Å²) < 4.78 is 5.71. The first-order valence-electron chi connectivity index (χ1n) is 7.02. The molecule has 18 heavy (non-hydrogen) atoms. The fraction of sp³-hybridized carbons (Fsp3) is 0.857. The summed E-state index contributed by atoms with van der Waals surface area (Å²) in [6, 6.07) is 2.13. The summed E-state index contributed by atoms with van der Waals surface area (Å²) in [6.07, 6.45) is 4.68. The van der Waals surface area contributed by atoms with Crippen molar-refractivity contribution in [3.63, 3.8) is 0 Å². The number of likely N-dealkylation sites (tertiary alicyclic amines) is 1. The molecule has 0 N–H and O–H groups in total. The van der Waals surface area contributed by atoms with E-state index in [4.69, 9.17) is 10.00 Å². The van der Waals surface area contributed by atoms with E-state index in [1.54, 1.807) is 0 Å². The molecule has 4 heteroatoms. The van der Waals surface area contributed by atoms with Gasteiger partial charge in [0.1, 0.15) is 5.92 Å². The van der Waals surface area contributed by atoms with Crippen LogP contribution in [0.25, 0.3) is 0 Å². The van der Waals surface area contributed by atoms with Gasteiger partial charge in [-0.25, -0.2) is 0 Å². The molecule has 102 valence electrons. The Hall–Kier alpha value is -1.08. The highest BCUT2D eigenvalue weighted by atomic mass is 16.5. The fourth-order valence-corrected chi connectivity index (χ4v) is 2.31. The fourth-order valence-electron chi connectivity index (χ4n) is 2.31. The Kier molecular flexibility index (Phi) is 6.74. The van der Waals surface area contributed by atoms with E-state index in [1.165, 1.54) is 0 Å². The molecule has 0 saturated carbocycles. The van der Waals surface area contributed by atoms with Crippen molar-refractivity contribution in [2.45, 2.75) is 52.1 Å². The van der Waals surface area contributed by atoms with Crippen LogP contribution < -0.4 is 0 Å². The molecule has 1 saturated heterocycles. The van der Waals surface area contributed by atoms with E-state index in [0.717, 1.165) is 38.8 Å². The smallest absolute Gasteiger partial charge is 0.240 e. The number of ether oxygens (including phenoxy) is 1. The van der Waals surface area contributed by atoms with E-state index in [9.17, 15) is 4.79 Å². The van der Waals surface area contributed by atoms with Gasteiger partial charge in [0.15, 0.2) is 0 Å². The molecule has 0 aromatic carbocycles. The van der Waals surface area contributed by atoms with Gasteiger partial charge in [-0.3, -0.25) is 4.79 Å². The van der Waals surface area contributed by atoms with Crippen LogP contribution in [0, 0.1) is 17.2 Å². The molecule has 0 aromatic rings. The number of nitrogens with zero attached hydrogens (tertiary/aromatic N) is 2. The van der Waals surface area contributed by atoms with E-state index in [0.29, 0.717) is 13.0 Å². The van der Waals surface area contributed by atoms with E-state index < -0.39 is 5.92 Å². The lowest BCUT2D eigenvalue weighted by molar-refractivity contribution is -0.138. The predicted molar refractivity (Wildman–Crippen MR) is 69.9 cm³/mol. The minimum Gasteiger partial charge on any atom is -0.376 e. The van der Waals surface area contributed by atoms with Crippen LogP contribution in [-0.4, -0.2) is 36.6 Å². The molecule has 1 fully saturated rings. The molecule has 2 unspecified atom stereocenters. The van der Waals surface area contributed by atoms with Crippen LogP contribution in [0.5, 0.6) is 0 Å². The van der Waals surface area contributed by atoms with Crippen LogP contribution in [0.1, 0.15) is 46.0 Å². The summed E-state index contributed by atoms with van der Waals surface area (Å²) in [5.74, 6) is -0.482. The quantitative estimate of drug-likeness (QED) is 0.729. The molecular formula is C14H24N2O2. The molecule has 0 spiro atoms. The van der Waals surface area contributed by atoms with Gasteiger partial charge in [-0.05, 0) is 25.7 Å². The molecule has 1 amide bonds. The van der Waals surface area contributed by atoms with Gasteiger partial charge in [0.2, 0.25) is 5.91 Å². The Morgan fingerprint density at radius 3 is 2.89 bits per heavy atom. The van der Waals surface area contributed by atoms with Gasteiger partial charge >= 0.3 is 0 Å². The summed E-state index contributed by atoms with van der Waals surface area (Å²) in [6.45, 7) is 6.26. The molecule has 0 bridgehead atoms. The molecule has 2 atom stereocenters. The average molecular weight is 252 g/mol. The molecular weight excluding hydrogens is 228 g/mol. The Labute approximate surface area is 110 Å². The Morgan fingerprint density at radius 2 is 2.28 bits per heavy atom. The van der Waals surface area contributed by atoms with Crippen LogP contribution >= 0.6 is 0 Å². The lowest BCUT2D eigenvalue weighted by Gasteiger charge is -2.33. The van der Waals surface area contributed by atoms with E-state index in [-0.39, 0.29) is 12.0 Å². The van der Waals surface area contributed by atoms with Gasteiger partial charge in [0, 0.05) is 19.7 Å². The summed E-state index contributed by atoms with van der Waals surface area (Å²) in [5, 5.41) is 9.04. The second-order valence-corrected chi connectivity index (χ2v) is 4.89. The zero-order valence-electron chi connectivity index (χ0n) is 11.5. The zero-order valence-corrected chi connectivity index (χ0v) is 11.5. The van der Waals surface area contributed by atoms with Crippen molar-refractivity contribution >= 4 is 5.91 Å². The number of piperidine rings is 1. The molecule has 1 aliphatic heterocycles. The van der Waals surface area contributed by atoms with Crippen molar-refractivity contribution in [1.82, 2.24) is 4.90 Å². The van der Waals surface area contributed by atoms with Crippen molar-refractivity contribution in [2.75, 3.05) is 19.7 Å². The lowest BCUT2D eigenvalue weighted by Crippen LogP contribution is -2.45. The van der Waals surface area contributed by atoms with Crippen LogP contribution in [0.3, 0.4) is 0 Å². The first-order chi connectivity index (χ1) is 8.72. The molecule has 0 radical (unpaired) electrons. The molecule has 0 aliphatic carbocycles. The van der Waals surface area contributed by atoms with Gasteiger partial charge in [-0.2, -0.15) is 5.26 Å². The Balaban J connectivity index is 2.49. The minimum absolute atomic E-state index is 0.0100. The van der Waals surface area contributed by atoms with E-state index in [1.807, 2.05) is 11.8 Å². The maximum absolute atomic E-state index is 12.2. The largest absolute Gasteiger partial charge is 0.376 e. The maximum Gasteiger partial charge on any atom is 0.240 e. The average Bonchev–Trinajstić information content (AvgIpc) is 2.42. The number of rotatable bonds is 6. The maximum atomic E-state index is 12.2. The van der Waals surface area contributed by atoms with Gasteiger partial charge in [-0.1, -0.05) is 20.3 Å². The summed E-state index contributed by atoms with van der Waals surface area (Å²) >= 11 is 0. The summed E-state index contributed by atoms with van der Waals surface area (Å²) in [7, 11) is 0. The first-order valence-corrected chi connectivity index (χ1v) is 7.02. The first kappa shape index (κ1) is 15.0. The number of carbonyl (C=O) groups excluding carboxylic acids is 1. The third kappa shape index (κ3) is 4.30. The SMILES string of the molecule is CCCOC1CCCN(C(=O)C(C#N)CCC)C1. The van der Waals surface area contributed by atoms with E-state index >= 15 is 0 Å². The second kappa shape index (κ2) is 8.10. The number of hydrogen-bond acceptors (Lipinski definition) is 3. The predicted octanol–water partition coefficient (Wildman–Crippen LogP) is 2.34. The van der Waals surface area contributed by atoms with Crippen LogP contribution in [0.15, 0.2) is 0 Å². The molecule has 1 rings (SSSR count). The lowest BCUT2D eigenvalue weighted by atomic mass is 10.0. The van der Waals surface area contributed by atoms with Crippen molar-refractivity contribution in [3.8, 4) is 6.07 Å². The van der Waals surface area contributed by atoms with Gasteiger partial charge in [0.25, 0.3) is 0 Å². The van der Waals surface area contributed by atoms with Gasteiger partial charge in [0.05, 0.1) is 12.2 Å². The van der Waals surface area contributed by atoms with Crippen molar-refractivity contribution in [2.24, 2.45) is 5.92 Å². The number of nitriles is 1. The van der Waals surface area contributed by atoms with Gasteiger partial charge < -0.3 is 9.64 Å². The molecule has 1 aliphatic rings. The number of carbonyl (C=O) groups is 1.